The Morgan fingerprint density at radius 3 is 2.71 bits per heavy atom. The second-order valence-electron chi connectivity index (χ2n) is 5.32. The Labute approximate surface area is 105 Å². The van der Waals surface area contributed by atoms with E-state index in [1.54, 1.807) is 0 Å². The van der Waals surface area contributed by atoms with Gasteiger partial charge in [-0.2, -0.15) is 0 Å². The summed E-state index contributed by atoms with van der Waals surface area (Å²) in [5, 5.41) is 0. The minimum atomic E-state index is -0.0958. The summed E-state index contributed by atoms with van der Waals surface area (Å²) in [5.41, 5.74) is 0. The minimum absolute atomic E-state index is 0.0958. The number of carbonyl (C=O) groups is 1. The predicted molar refractivity (Wildman–Crippen MR) is 67.8 cm³/mol. The second-order valence-corrected chi connectivity index (χ2v) is 5.32. The number of carbonyl (C=O) groups excluding carboxylic acids is 1. The highest BCUT2D eigenvalue weighted by atomic mass is 16.6. The first kappa shape index (κ1) is 14.5. The second kappa shape index (κ2) is 7.70. The molecule has 3 nitrogen and oxygen atoms in total. The molecule has 1 saturated heterocycles. The Kier molecular flexibility index (Phi) is 6.56. The van der Waals surface area contributed by atoms with Crippen LogP contribution in [0.4, 0.5) is 0 Å². The summed E-state index contributed by atoms with van der Waals surface area (Å²) < 4.78 is 10.6. The fourth-order valence-electron chi connectivity index (χ4n) is 1.93. The fraction of sp³-hybridized carbons (Fsp3) is 0.929. The van der Waals surface area contributed by atoms with E-state index >= 15 is 0 Å². The normalized spacial score (nSPS) is 22.8. The van der Waals surface area contributed by atoms with Crippen LogP contribution in [0.1, 0.15) is 59.3 Å². The molecule has 0 bridgehead atoms. The van der Waals surface area contributed by atoms with E-state index in [0.717, 1.165) is 18.8 Å². The van der Waals surface area contributed by atoms with Crippen LogP contribution in [0.5, 0.6) is 0 Å². The van der Waals surface area contributed by atoms with Crippen LogP contribution in [0.3, 0.4) is 0 Å². The van der Waals surface area contributed by atoms with Gasteiger partial charge in [-0.3, -0.25) is 4.79 Å². The van der Waals surface area contributed by atoms with Gasteiger partial charge in [0.1, 0.15) is 12.7 Å². The first-order valence-electron chi connectivity index (χ1n) is 6.94. The molecule has 0 radical (unpaired) electrons. The molecule has 0 aromatic carbocycles. The highest BCUT2D eigenvalue weighted by Gasteiger charge is 2.38. The smallest absolute Gasteiger partial charge is 0.305 e. The van der Waals surface area contributed by atoms with Crippen LogP contribution in [0.2, 0.25) is 0 Å². The highest BCUT2D eigenvalue weighted by Crippen LogP contribution is 2.28. The third-order valence-electron chi connectivity index (χ3n) is 3.07. The van der Waals surface area contributed by atoms with E-state index in [9.17, 15) is 4.79 Å². The van der Waals surface area contributed by atoms with Crippen molar-refractivity contribution in [1.29, 1.82) is 0 Å². The third-order valence-corrected chi connectivity index (χ3v) is 3.07. The average Bonchev–Trinajstić information content (AvgIpc) is 3.01. The van der Waals surface area contributed by atoms with Crippen molar-refractivity contribution in [3.63, 3.8) is 0 Å². The molecule has 1 aliphatic heterocycles. The van der Waals surface area contributed by atoms with Gasteiger partial charge in [-0.15, -0.1) is 0 Å². The summed E-state index contributed by atoms with van der Waals surface area (Å²) in [6.07, 6.45) is 6.80. The molecule has 1 heterocycles. The van der Waals surface area contributed by atoms with Gasteiger partial charge >= 0.3 is 5.97 Å². The summed E-state index contributed by atoms with van der Waals surface area (Å²) >= 11 is 0. The summed E-state index contributed by atoms with van der Waals surface area (Å²) in [4.78, 5) is 11.1. The molecule has 0 aromatic heterocycles. The molecule has 17 heavy (non-hydrogen) atoms. The number of rotatable bonds is 9. The minimum Gasteiger partial charge on any atom is -0.463 e. The molecular weight excluding hydrogens is 216 g/mol. The first-order valence-corrected chi connectivity index (χ1v) is 6.94. The third kappa shape index (κ3) is 6.67. The van der Waals surface area contributed by atoms with Gasteiger partial charge in [0.25, 0.3) is 0 Å². The fourth-order valence-corrected chi connectivity index (χ4v) is 1.93. The van der Waals surface area contributed by atoms with Crippen LogP contribution in [0, 0.1) is 5.92 Å². The summed E-state index contributed by atoms with van der Waals surface area (Å²) in [5.74, 6) is 0.697. The molecule has 3 heteroatoms. The number of unbranched alkanes of at least 4 members (excludes halogenated alkanes) is 1. The van der Waals surface area contributed by atoms with E-state index in [0.29, 0.717) is 19.1 Å². The molecule has 0 amide bonds. The average molecular weight is 242 g/mol. The Morgan fingerprint density at radius 1 is 1.29 bits per heavy atom. The van der Waals surface area contributed by atoms with E-state index < -0.39 is 0 Å². The molecule has 0 spiro atoms. The first-order chi connectivity index (χ1) is 8.13. The van der Waals surface area contributed by atoms with Crippen LogP contribution in [0.15, 0.2) is 0 Å². The topological polar surface area (TPSA) is 38.8 Å². The standard InChI is InChI=1S/C14H26O3/c1-4-7-14(15)16-10-13-12(17-13)9-6-5-8-11(2)3/h11-13H,4-10H2,1-3H3/t12-,13+/m0/s1. The van der Waals surface area contributed by atoms with Gasteiger partial charge in [-0.05, 0) is 18.8 Å². The van der Waals surface area contributed by atoms with Gasteiger partial charge in [-0.1, -0.05) is 40.0 Å². The van der Waals surface area contributed by atoms with Crippen LogP contribution < -0.4 is 0 Å². The quantitative estimate of drug-likeness (QED) is 0.354. The van der Waals surface area contributed by atoms with Crippen LogP contribution >= 0.6 is 0 Å². The molecule has 1 rings (SSSR count). The van der Waals surface area contributed by atoms with Gasteiger partial charge in [0.15, 0.2) is 0 Å². The Balaban J connectivity index is 1.93. The van der Waals surface area contributed by atoms with E-state index in [2.05, 4.69) is 13.8 Å². The van der Waals surface area contributed by atoms with Crippen molar-refractivity contribution < 1.29 is 14.3 Å². The number of esters is 1. The van der Waals surface area contributed by atoms with Crippen molar-refractivity contribution in [2.75, 3.05) is 6.61 Å². The zero-order valence-electron chi connectivity index (χ0n) is 11.4. The molecule has 0 N–H and O–H groups in total. The molecule has 1 aliphatic rings. The largest absolute Gasteiger partial charge is 0.463 e. The summed E-state index contributed by atoms with van der Waals surface area (Å²) in [6.45, 7) is 6.94. The lowest BCUT2D eigenvalue weighted by molar-refractivity contribution is -0.144. The van der Waals surface area contributed by atoms with Crippen molar-refractivity contribution in [3.8, 4) is 0 Å². The predicted octanol–water partition coefficient (Wildman–Crippen LogP) is 3.31. The Bertz CT molecular complexity index is 226. The molecule has 0 aliphatic carbocycles. The molecule has 1 fully saturated rings. The van der Waals surface area contributed by atoms with E-state index in [-0.39, 0.29) is 12.1 Å². The lowest BCUT2D eigenvalue weighted by Gasteiger charge is -2.03. The lowest BCUT2D eigenvalue weighted by atomic mass is 10.0. The maximum absolute atomic E-state index is 11.1. The van der Waals surface area contributed by atoms with Crippen LogP contribution in [-0.4, -0.2) is 24.8 Å². The zero-order valence-corrected chi connectivity index (χ0v) is 11.4. The Morgan fingerprint density at radius 2 is 2.06 bits per heavy atom. The van der Waals surface area contributed by atoms with E-state index in [1.807, 2.05) is 6.92 Å². The number of ether oxygens (including phenoxy) is 2. The molecule has 100 valence electrons. The van der Waals surface area contributed by atoms with Crippen molar-refractivity contribution in [2.45, 2.75) is 71.5 Å². The lowest BCUT2D eigenvalue weighted by Crippen LogP contribution is -2.11. The van der Waals surface area contributed by atoms with E-state index in [4.69, 9.17) is 9.47 Å². The number of epoxide rings is 1. The van der Waals surface area contributed by atoms with E-state index in [1.165, 1.54) is 19.3 Å². The highest BCUT2D eigenvalue weighted by molar-refractivity contribution is 5.69. The molecule has 0 saturated carbocycles. The number of hydrogen-bond acceptors (Lipinski definition) is 3. The monoisotopic (exact) mass is 242 g/mol. The van der Waals surface area contributed by atoms with Crippen molar-refractivity contribution >= 4 is 5.97 Å². The maximum Gasteiger partial charge on any atom is 0.305 e. The SMILES string of the molecule is CCCC(=O)OC[C@H]1O[C@H]1CCCCC(C)C. The van der Waals surface area contributed by atoms with Crippen LogP contribution in [0.25, 0.3) is 0 Å². The van der Waals surface area contributed by atoms with Crippen LogP contribution in [-0.2, 0) is 14.3 Å². The zero-order chi connectivity index (χ0) is 12.7. The van der Waals surface area contributed by atoms with Gasteiger partial charge in [-0.25, -0.2) is 0 Å². The van der Waals surface area contributed by atoms with Gasteiger partial charge in [0, 0.05) is 6.42 Å². The van der Waals surface area contributed by atoms with Crippen molar-refractivity contribution in [2.24, 2.45) is 5.92 Å². The molecule has 0 aromatic rings. The number of hydrogen-bond donors (Lipinski definition) is 0. The summed E-state index contributed by atoms with van der Waals surface area (Å²) in [7, 11) is 0. The van der Waals surface area contributed by atoms with Gasteiger partial charge in [0.05, 0.1) is 6.10 Å². The molecule has 0 unspecified atom stereocenters. The summed E-state index contributed by atoms with van der Waals surface area (Å²) in [6, 6.07) is 0. The van der Waals surface area contributed by atoms with Gasteiger partial charge in [0.2, 0.25) is 0 Å². The molecular formula is C14H26O3. The van der Waals surface area contributed by atoms with Gasteiger partial charge < -0.3 is 9.47 Å². The van der Waals surface area contributed by atoms with Crippen molar-refractivity contribution in [1.82, 2.24) is 0 Å². The maximum atomic E-state index is 11.1. The molecule has 2 atom stereocenters. The Hall–Kier alpha value is -0.570. The van der Waals surface area contributed by atoms with Crippen molar-refractivity contribution in [3.05, 3.63) is 0 Å².